The van der Waals surface area contributed by atoms with Crippen LogP contribution in [0.15, 0.2) is 81.7 Å². The highest BCUT2D eigenvalue weighted by Crippen LogP contribution is 2.46. The quantitative estimate of drug-likeness (QED) is 0.406. The van der Waals surface area contributed by atoms with E-state index in [4.69, 9.17) is 4.42 Å². The fourth-order valence-electron chi connectivity index (χ4n) is 3.96. The number of carbonyl (C=O) groups is 1. The summed E-state index contributed by atoms with van der Waals surface area (Å²) in [6.07, 6.45) is 4.74. The number of rotatable bonds is 3. The first kappa shape index (κ1) is 18.7. The molecule has 1 N–H and O–H groups in total. The number of benzene rings is 2. The predicted molar refractivity (Wildman–Crippen MR) is 114 cm³/mol. The highest BCUT2D eigenvalue weighted by molar-refractivity contribution is 6.09. The summed E-state index contributed by atoms with van der Waals surface area (Å²) in [7, 11) is 1.98. The molecular weight excluding hydrogens is 366 g/mol. The lowest BCUT2D eigenvalue weighted by molar-refractivity contribution is 0.104. The first-order valence-corrected chi connectivity index (χ1v) is 9.33. The second-order valence-corrected chi connectivity index (χ2v) is 7.59. The van der Waals surface area contributed by atoms with E-state index in [9.17, 15) is 14.7 Å². The number of aromatic hydroxyl groups is 1. The third kappa shape index (κ3) is 2.95. The Labute approximate surface area is 168 Å². The van der Waals surface area contributed by atoms with Crippen LogP contribution in [0.2, 0.25) is 0 Å². The first-order valence-electron chi connectivity index (χ1n) is 9.33. The standard InChI is InChI=1S/C24H21NO4/c1-24(2)16-10-5-6-11-17(16)25(3)20(24)14-8-12-18(26)21-22(27)15-9-4-7-13-19(15)29-23(21)28/h4-14,27H,1-3H3/b12-8-,20-14-. The molecule has 146 valence electrons. The Hall–Kier alpha value is -3.60. The summed E-state index contributed by atoms with van der Waals surface area (Å²) in [5, 5.41) is 10.7. The molecule has 0 radical (unpaired) electrons. The van der Waals surface area contributed by atoms with Crippen molar-refractivity contribution in [2.24, 2.45) is 0 Å². The molecule has 0 bridgehead atoms. The minimum atomic E-state index is -0.853. The second kappa shape index (κ2) is 6.78. The average Bonchev–Trinajstić information content (AvgIpc) is 2.89. The Bertz CT molecular complexity index is 1250. The highest BCUT2D eigenvalue weighted by Gasteiger charge is 2.37. The molecule has 29 heavy (non-hydrogen) atoms. The van der Waals surface area contributed by atoms with E-state index < -0.39 is 11.4 Å². The van der Waals surface area contributed by atoms with Gasteiger partial charge in [-0.2, -0.15) is 0 Å². The monoisotopic (exact) mass is 387 g/mol. The minimum absolute atomic E-state index is 0.219. The molecule has 3 aromatic rings. The van der Waals surface area contributed by atoms with Gasteiger partial charge in [0.15, 0.2) is 5.78 Å². The molecule has 1 aliphatic heterocycles. The zero-order valence-electron chi connectivity index (χ0n) is 16.5. The molecule has 0 saturated carbocycles. The Morgan fingerprint density at radius 1 is 1.10 bits per heavy atom. The van der Waals surface area contributed by atoms with E-state index in [1.54, 1.807) is 30.3 Å². The maximum atomic E-state index is 12.6. The minimum Gasteiger partial charge on any atom is -0.506 e. The smallest absolute Gasteiger partial charge is 0.351 e. The highest BCUT2D eigenvalue weighted by atomic mass is 16.4. The molecule has 0 saturated heterocycles. The molecule has 0 amide bonds. The maximum absolute atomic E-state index is 12.6. The molecule has 5 nitrogen and oxygen atoms in total. The summed E-state index contributed by atoms with van der Waals surface area (Å²) in [6.45, 7) is 4.25. The zero-order valence-corrected chi connectivity index (χ0v) is 16.5. The van der Waals surface area contributed by atoms with Gasteiger partial charge in [0, 0.05) is 23.8 Å². The molecule has 0 fully saturated rings. The Balaban J connectivity index is 1.68. The van der Waals surface area contributed by atoms with Gasteiger partial charge in [0.2, 0.25) is 0 Å². The van der Waals surface area contributed by atoms with E-state index >= 15 is 0 Å². The number of hydrogen-bond donors (Lipinski definition) is 1. The topological polar surface area (TPSA) is 70.8 Å². The summed E-state index contributed by atoms with van der Waals surface area (Å²) in [5.74, 6) is -0.959. The van der Waals surface area contributed by atoms with Gasteiger partial charge in [0.25, 0.3) is 0 Å². The summed E-state index contributed by atoms with van der Waals surface area (Å²) >= 11 is 0. The van der Waals surface area contributed by atoms with Crippen LogP contribution in [0.3, 0.4) is 0 Å². The lowest BCUT2D eigenvalue weighted by Crippen LogP contribution is -2.22. The molecule has 5 heteroatoms. The van der Waals surface area contributed by atoms with E-state index in [0.717, 1.165) is 11.4 Å². The van der Waals surface area contributed by atoms with Crippen LogP contribution in [0.25, 0.3) is 11.0 Å². The number of nitrogens with zero attached hydrogens (tertiary/aromatic N) is 1. The predicted octanol–water partition coefficient (Wildman–Crippen LogP) is 4.55. The van der Waals surface area contributed by atoms with Gasteiger partial charge in [0.05, 0.1) is 5.39 Å². The normalized spacial score (nSPS) is 16.7. The van der Waals surface area contributed by atoms with Crippen molar-refractivity contribution in [2.75, 3.05) is 11.9 Å². The number of carbonyl (C=O) groups excluding carboxylic acids is 1. The van der Waals surface area contributed by atoms with Gasteiger partial charge in [-0.3, -0.25) is 4.79 Å². The van der Waals surface area contributed by atoms with Crippen molar-refractivity contribution in [1.29, 1.82) is 0 Å². The Kier molecular flexibility index (Phi) is 4.38. The lowest BCUT2D eigenvalue weighted by atomic mass is 9.84. The second-order valence-electron chi connectivity index (χ2n) is 7.59. The van der Waals surface area contributed by atoms with Gasteiger partial charge in [-0.15, -0.1) is 0 Å². The number of ketones is 1. The SMILES string of the molecule is CN1/C(=C\C=C/C(=O)c2c(O)c3ccccc3oc2=O)C(C)(C)c2ccccc21. The third-order valence-corrected chi connectivity index (χ3v) is 5.47. The number of hydrogen-bond acceptors (Lipinski definition) is 5. The summed E-state index contributed by atoms with van der Waals surface area (Å²) in [6, 6.07) is 14.7. The molecule has 1 aromatic heterocycles. The number of para-hydroxylation sites is 2. The van der Waals surface area contributed by atoms with Crippen molar-refractivity contribution < 1.29 is 14.3 Å². The van der Waals surface area contributed by atoms with Gasteiger partial charge in [-0.25, -0.2) is 4.79 Å². The van der Waals surface area contributed by atoms with Crippen LogP contribution in [0.1, 0.15) is 29.8 Å². The summed E-state index contributed by atoms with van der Waals surface area (Å²) in [5.41, 5.74) is 2.16. The molecule has 0 aliphatic carbocycles. The molecule has 4 rings (SSSR count). The third-order valence-electron chi connectivity index (χ3n) is 5.47. The van der Waals surface area contributed by atoms with E-state index in [1.807, 2.05) is 25.3 Å². The van der Waals surface area contributed by atoms with Gasteiger partial charge in [-0.1, -0.05) is 50.3 Å². The lowest BCUT2D eigenvalue weighted by Gasteiger charge is -2.23. The van der Waals surface area contributed by atoms with Crippen LogP contribution in [0, 0.1) is 0 Å². The van der Waals surface area contributed by atoms with Crippen molar-refractivity contribution in [3.8, 4) is 5.75 Å². The van der Waals surface area contributed by atoms with Crippen molar-refractivity contribution in [3.05, 3.63) is 94.0 Å². The van der Waals surface area contributed by atoms with Gasteiger partial charge in [-0.05, 0) is 35.9 Å². The van der Waals surface area contributed by atoms with Gasteiger partial charge < -0.3 is 14.4 Å². The molecule has 0 unspecified atom stereocenters. The number of likely N-dealkylation sites (N-methyl/N-ethyl adjacent to an activating group) is 1. The molecular formula is C24H21NO4. The van der Waals surface area contributed by atoms with Crippen molar-refractivity contribution in [3.63, 3.8) is 0 Å². The molecule has 0 spiro atoms. The maximum Gasteiger partial charge on any atom is 0.351 e. The van der Waals surface area contributed by atoms with E-state index in [2.05, 4.69) is 30.9 Å². The van der Waals surface area contributed by atoms with E-state index in [-0.39, 0.29) is 22.3 Å². The zero-order chi connectivity index (χ0) is 20.8. The number of allylic oxidation sites excluding steroid dienone is 4. The van der Waals surface area contributed by atoms with Crippen LogP contribution >= 0.6 is 0 Å². The van der Waals surface area contributed by atoms with Crippen LogP contribution < -0.4 is 10.5 Å². The number of fused-ring (bicyclic) bond motifs is 2. The van der Waals surface area contributed by atoms with Crippen molar-refractivity contribution >= 4 is 22.4 Å². The number of anilines is 1. The van der Waals surface area contributed by atoms with E-state index in [0.29, 0.717) is 5.39 Å². The first-order chi connectivity index (χ1) is 13.8. The fourth-order valence-corrected chi connectivity index (χ4v) is 3.96. The molecule has 0 atom stereocenters. The Morgan fingerprint density at radius 2 is 1.79 bits per heavy atom. The van der Waals surface area contributed by atoms with E-state index in [1.165, 1.54) is 11.6 Å². The van der Waals surface area contributed by atoms with Crippen LogP contribution in [0.4, 0.5) is 5.69 Å². The van der Waals surface area contributed by atoms with Crippen LogP contribution in [-0.2, 0) is 5.41 Å². The average molecular weight is 387 g/mol. The molecule has 2 aromatic carbocycles. The fraction of sp³-hybridized carbons (Fsp3) is 0.167. The van der Waals surface area contributed by atoms with Gasteiger partial charge in [0.1, 0.15) is 16.9 Å². The van der Waals surface area contributed by atoms with Crippen LogP contribution in [-0.4, -0.2) is 17.9 Å². The largest absolute Gasteiger partial charge is 0.506 e. The Morgan fingerprint density at radius 3 is 2.55 bits per heavy atom. The molecule has 2 heterocycles. The molecule has 1 aliphatic rings. The summed E-state index contributed by atoms with van der Waals surface area (Å²) in [4.78, 5) is 26.9. The van der Waals surface area contributed by atoms with Gasteiger partial charge >= 0.3 is 5.63 Å². The van der Waals surface area contributed by atoms with Crippen molar-refractivity contribution in [2.45, 2.75) is 19.3 Å². The van der Waals surface area contributed by atoms with Crippen LogP contribution in [0.5, 0.6) is 5.75 Å². The summed E-state index contributed by atoms with van der Waals surface area (Å²) < 4.78 is 5.17. The van der Waals surface area contributed by atoms with Crippen molar-refractivity contribution in [1.82, 2.24) is 0 Å².